The van der Waals surface area contributed by atoms with Crippen LogP contribution in [0.1, 0.15) is 24.8 Å². The number of anilines is 1. The summed E-state index contributed by atoms with van der Waals surface area (Å²) >= 11 is 0. The highest BCUT2D eigenvalue weighted by molar-refractivity contribution is 7.89. The third-order valence-electron chi connectivity index (χ3n) is 5.98. The van der Waals surface area contributed by atoms with Crippen LogP contribution in [0.25, 0.3) is 0 Å². The molecule has 2 aromatic rings. The van der Waals surface area contributed by atoms with Gasteiger partial charge in [-0.3, -0.25) is 0 Å². The predicted molar refractivity (Wildman–Crippen MR) is 121 cm³/mol. The van der Waals surface area contributed by atoms with E-state index in [1.54, 1.807) is 12.1 Å². The fourth-order valence-corrected chi connectivity index (χ4v) is 7.14. The molecular formula is C22H26N4O4S2. The predicted octanol–water partition coefficient (Wildman–Crippen LogP) is 2.24. The number of rotatable bonds is 5. The van der Waals surface area contributed by atoms with Gasteiger partial charge in [0.05, 0.1) is 21.4 Å². The molecule has 2 aliphatic heterocycles. The second kappa shape index (κ2) is 9.19. The van der Waals surface area contributed by atoms with Crippen LogP contribution in [0.3, 0.4) is 0 Å². The van der Waals surface area contributed by atoms with Gasteiger partial charge in [0.15, 0.2) is 0 Å². The molecule has 0 radical (unpaired) electrons. The van der Waals surface area contributed by atoms with Crippen molar-refractivity contribution < 1.29 is 16.8 Å². The molecule has 0 saturated carbocycles. The van der Waals surface area contributed by atoms with Crippen LogP contribution in [0.4, 0.5) is 5.69 Å². The minimum Gasteiger partial charge on any atom is -0.370 e. The average Bonchev–Trinajstić information content (AvgIpc) is 3.25. The minimum atomic E-state index is -3.73. The monoisotopic (exact) mass is 474 g/mol. The lowest BCUT2D eigenvalue weighted by atomic mass is 10.2. The second-order valence-electron chi connectivity index (χ2n) is 7.99. The summed E-state index contributed by atoms with van der Waals surface area (Å²) in [5.74, 6) is 0. The smallest absolute Gasteiger partial charge is 0.243 e. The Morgan fingerprint density at radius 2 is 1.12 bits per heavy atom. The van der Waals surface area contributed by atoms with Gasteiger partial charge in [-0.25, -0.2) is 16.8 Å². The van der Waals surface area contributed by atoms with Gasteiger partial charge in [-0.1, -0.05) is 0 Å². The summed E-state index contributed by atoms with van der Waals surface area (Å²) in [5.41, 5.74) is 1.54. The lowest BCUT2D eigenvalue weighted by Crippen LogP contribution is -2.35. The summed E-state index contributed by atoms with van der Waals surface area (Å²) in [6.45, 7) is 2.98. The summed E-state index contributed by atoms with van der Waals surface area (Å²) in [4.78, 5) is 2.34. The topological polar surface area (TPSA) is 102 Å². The van der Waals surface area contributed by atoms with Gasteiger partial charge in [-0.05, 0) is 67.8 Å². The normalized spacial score (nSPS) is 18.9. The lowest BCUT2D eigenvalue weighted by Gasteiger charge is -2.23. The molecule has 10 heteroatoms. The van der Waals surface area contributed by atoms with Crippen molar-refractivity contribution in [2.75, 3.05) is 44.2 Å². The second-order valence-corrected chi connectivity index (χ2v) is 11.9. The van der Waals surface area contributed by atoms with Gasteiger partial charge in [0.2, 0.25) is 20.0 Å². The van der Waals surface area contributed by atoms with Gasteiger partial charge < -0.3 is 4.90 Å². The van der Waals surface area contributed by atoms with Crippen molar-refractivity contribution in [2.24, 2.45) is 0 Å². The van der Waals surface area contributed by atoms with Crippen LogP contribution in [-0.2, 0) is 20.0 Å². The number of nitriles is 1. The molecule has 2 saturated heterocycles. The molecule has 0 atom stereocenters. The van der Waals surface area contributed by atoms with E-state index in [1.807, 2.05) is 12.1 Å². The highest BCUT2D eigenvalue weighted by Gasteiger charge is 2.30. The maximum atomic E-state index is 13.2. The Bertz CT molecular complexity index is 1200. The molecule has 0 spiro atoms. The van der Waals surface area contributed by atoms with Crippen molar-refractivity contribution in [1.29, 1.82) is 5.26 Å². The van der Waals surface area contributed by atoms with Crippen LogP contribution in [0, 0.1) is 11.3 Å². The average molecular weight is 475 g/mol. The SMILES string of the molecule is N#Cc1ccc(N2CCCN(S(=O)(=O)c3ccc(S(=O)(=O)N4CCCC4)cc3)CC2)cc1. The molecule has 0 aromatic heterocycles. The van der Waals surface area contributed by atoms with Gasteiger partial charge >= 0.3 is 0 Å². The molecular weight excluding hydrogens is 448 g/mol. The maximum absolute atomic E-state index is 13.2. The molecule has 2 aromatic carbocycles. The third kappa shape index (κ3) is 4.52. The first-order chi connectivity index (χ1) is 15.3. The molecule has 0 N–H and O–H groups in total. The fraction of sp³-hybridized carbons (Fsp3) is 0.409. The van der Waals surface area contributed by atoms with Crippen LogP contribution in [0.15, 0.2) is 58.3 Å². The Kier molecular flexibility index (Phi) is 6.53. The number of nitrogens with zero attached hydrogens (tertiary/aromatic N) is 4. The van der Waals surface area contributed by atoms with Gasteiger partial charge in [-0.2, -0.15) is 13.9 Å². The molecule has 0 aliphatic carbocycles. The van der Waals surface area contributed by atoms with Crippen molar-refractivity contribution in [2.45, 2.75) is 29.1 Å². The fourth-order valence-electron chi connectivity index (χ4n) is 4.15. The number of sulfonamides is 2. The summed E-state index contributed by atoms with van der Waals surface area (Å²) in [6.07, 6.45) is 2.36. The van der Waals surface area contributed by atoms with Crippen molar-refractivity contribution in [3.05, 3.63) is 54.1 Å². The maximum Gasteiger partial charge on any atom is 0.243 e. The largest absolute Gasteiger partial charge is 0.370 e. The zero-order valence-corrected chi connectivity index (χ0v) is 19.4. The Hall–Kier alpha value is -2.45. The molecule has 0 amide bonds. The van der Waals surface area contributed by atoms with Crippen molar-refractivity contribution >= 4 is 25.7 Å². The summed E-state index contributed by atoms with van der Waals surface area (Å²) < 4.78 is 54.7. The summed E-state index contributed by atoms with van der Waals surface area (Å²) in [5, 5.41) is 8.96. The highest BCUT2D eigenvalue weighted by atomic mass is 32.2. The van der Waals surface area contributed by atoms with Gasteiger partial charge in [0.25, 0.3) is 0 Å². The first-order valence-corrected chi connectivity index (χ1v) is 13.6. The van der Waals surface area contributed by atoms with E-state index >= 15 is 0 Å². The summed E-state index contributed by atoms with van der Waals surface area (Å²) in [7, 11) is -7.30. The van der Waals surface area contributed by atoms with E-state index in [4.69, 9.17) is 5.26 Å². The standard InChI is InChI=1S/C22H26N4O4S2/c23-18-19-4-6-20(7-5-19)24-12-3-15-26(17-16-24)32(29,30)22-10-8-21(9-11-22)31(27,28)25-13-1-2-14-25/h4-11H,1-3,12-17H2. The molecule has 4 rings (SSSR count). The molecule has 2 heterocycles. The van der Waals surface area contributed by atoms with E-state index in [2.05, 4.69) is 11.0 Å². The van der Waals surface area contributed by atoms with Gasteiger partial charge in [0, 0.05) is 45.0 Å². The van der Waals surface area contributed by atoms with Crippen LogP contribution in [-0.4, -0.2) is 64.7 Å². The molecule has 2 fully saturated rings. The summed E-state index contributed by atoms with van der Waals surface area (Å²) in [6, 6.07) is 14.9. The van der Waals surface area contributed by atoms with Crippen LogP contribution < -0.4 is 4.90 Å². The molecule has 170 valence electrons. The number of hydrogen-bond acceptors (Lipinski definition) is 6. The van der Waals surface area contributed by atoms with Crippen molar-refractivity contribution in [1.82, 2.24) is 8.61 Å². The number of benzene rings is 2. The first-order valence-electron chi connectivity index (χ1n) is 10.7. The molecule has 8 nitrogen and oxygen atoms in total. The van der Waals surface area contributed by atoms with E-state index < -0.39 is 20.0 Å². The van der Waals surface area contributed by atoms with E-state index in [1.165, 1.54) is 32.9 Å². The van der Waals surface area contributed by atoms with Crippen LogP contribution in [0.5, 0.6) is 0 Å². The molecule has 0 unspecified atom stereocenters. The van der Waals surface area contributed by atoms with Gasteiger partial charge in [0.1, 0.15) is 0 Å². The van der Waals surface area contributed by atoms with E-state index in [9.17, 15) is 16.8 Å². The van der Waals surface area contributed by atoms with Crippen LogP contribution in [0.2, 0.25) is 0 Å². The first kappa shape index (κ1) is 22.7. The Morgan fingerprint density at radius 3 is 1.66 bits per heavy atom. The van der Waals surface area contributed by atoms with E-state index in [0.717, 1.165) is 18.5 Å². The van der Waals surface area contributed by atoms with Crippen molar-refractivity contribution in [3.63, 3.8) is 0 Å². The molecule has 2 aliphatic rings. The highest BCUT2D eigenvalue weighted by Crippen LogP contribution is 2.25. The zero-order chi connectivity index (χ0) is 22.8. The molecule has 32 heavy (non-hydrogen) atoms. The third-order valence-corrected chi connectivity index (χ3v) is 9.81. The Morgan fingerprint density at radius 1 is 0.625 bits per heavy atom. The quantitative estimate of drug-likeness (QED) is 0.659. The lowest BCUT2D eigenvalue weighted by molar-refractivity contribution is 0.433. The minimum absolute atomic E-state index is 0.102. The van der Waals surface area contributed by atoms with E-state index in [-0.39, 0.29) is 9.79 Å². The number of hydrogen-bond donors (Lipinski definition) is 0. The van der Waals surface area contributed by atoms with Crippen molar-refractivity contribution in [3.8, 4) is 6.07 Å². The Labute approximate surface area is 189 Å². The van der Waals surface area contributed by atoms with Gasteiger partial charge in [-0.15, -0.1) is 0 Å². The Balaban J connectivity index is 1.47. The zero-order valence-electron chi connectivity index (χ0n) is 17.7. The van der Waals surface area contributed by atoms with E-state index in [0.29, 0.717) is 51.3 Å². The molecule has 0 bridgehead atoms. The van der Waals surface area contributed by atoms with Crippen LogP contribution >= 0.6 is 0 Å².